The molecule has 0 aliphatic heterocycles. The van der Waals surface area contributed by atoms with Gasteiger partial charge in [-0.1, -0.05) is 371 Å². The summed E-state index contributed by atoms with van der Waals surface area (Å²) in [5.41, 5.74) is 0. The van der Waals surface area contributed by atoms with Crippen LogP contribution in [0.3, 0.4) is 0 Å². The summed E-state index contributed by atoms with van der Waals surface area (Å²) >= 11 is 0. The van der Waals surface area contributed by atoms with E-state index >= 15 is 0 Å². The smallest absolute Gasteiger partial charge is 0.268 e. The van der Waals surface area contributed by atoms with E-state index in [1.54, 1.807) is 6.08 Å². The van der Waals surface area contributed by atoms with Crippen molar-refractivity contribution in [2.45, 2.75) is 398 Å². The Kier molecular flexibility index (Phi) is 65.1. The fourth-order valence-electron chi connectivity index (χ4n) is 11.5. The third kappa shape index (κ3) is 68.2. The van der Waals surface area contributed by atoms with Gasteiger partial charge < -0.3 is 28.8 Å². The number of rotatable bonds is 70. The van der Waals surface area contributed by atoms with E-state index in [9.17, 15) is 19.4 Å². The van der Waals surface area contributed by atoms with E-state index in [2.05, 4.69) is 43.5 Å². The largest absolute Gasteiger partial charge is 0.756 e. The number of unbranched alkanes of at least 4 members (excludes halogenated alkanes) is 53. The molecule has 0 saturated heterocycles. The highest BCUT2D eigenvalue weighted by molar-refractivity contribution is 7.45. The molecule has 0 aromatic heterocycles. The Morgan fingerprint density at radius 3 is 0.964 bits per heavy atom. The van der Waals surface area contributed by atoms with Crippen LogP contribution in [-0.4, -0.2) is 68.5 Å². The first-order chi connectivity index (χ1) is 41.0. The number of aliphatic hydroxyl groups excluding tert-OH is 1. The Morgan fingerprint density at radius 2 is 0.667 bits per heavy atom. The number of likely N-dealkylation sites (N-methyl/N-ethyl adjacent to an activating group) is 1. The summed E-state index contributed by atoms with van der Waals surface area (Å²) < 4.78 is 23.5. The summed E-state index contributed by atoms with van der Waals surface area (Å²) in [7, 11) is 1.25. The number of phosphoric acid groups is 1. The van der Waals surface area contributed by atoms with Gasteiger partial charge in [0.15, 0.2) is 0 Å². The maximum absolute atomic E-state index is 13.0. The molecule has 1 amide bonds. The van der Waals surface area contributed by atoms with Crippen molar-refractivity contribution in [1.82, 2.24) is 5.32 Å². The van der Waals surface area contributed by atoms with Crippen molar-refractivity contribution in [3.63, 3.8) is 0 Å². The number of hydrogen-bond donors (Lipinski definition) is 2. The molecule has 0 rings (SSSR count). The van der Waals surface area contributed by atoms with Crippen LogP contribution in [0.2, 0.25) is 0 Å². The second kappa shape index (κ2) is 66.1. The summed E-state index contributed by atoms with van der Waals surface area (Å²) in [6, 6.07) is -0.910. The van der Waals surface area contributed by atoms with E-state index in [-0.39, 0.29) is 12.5 Å². The number of nitrogens with one attached hydrogen (secondary N) is 1. The molecule has 0 saturated carbocycles. The molecule has 0 radical (unpaired) electrons. The normalized spacial score (nSPS) is 13.8. The van der Waals surface area contributed by atoms with E-state index < -0.39 is 26.6 Å². The number of nitrogens with zero attached hydrogens (tertiary/aromatic N) is 1. The van der Waals surface area contributed by atoms with Crippen LogP contribution in [0.15, 0.2) is 36.5 Å². The van der Waals surface area contributed by atoms with E-state index in [0.717, 1.165) is 44.9 Å². The van der Waals surface area contributed by atoms with Crippen LogP contribution in [0, 0.1) is 0 Å². The Balaban J connectivity index is 4.05. The van der Waals surface area contributed by atoms with E-state index in [1.165, 1.54) is 321 Å². The van der Waals surface area contributed by atoms with Crippen LogP contribution in [0.5, 0.6) is 0 Å². The second-order valence-corrected chi connectivity index (χ2v) is 28.4. The summed E-state index contributed by atoms with van der Waals surface area (Å²) in [4.78, 5) is 25.6. The molecule has 84 heavy (non-hydrogen) atoms. The van der Waals surface area contributed by atoms with Crippen LogP contribution in [0.4, 0.5) is 0 Å². The zero-order chi connectivity index (χ0) is 61.2. The first kappa shape index (κ1) is 82.7. The molecule has 0 aromatic carbocycles. The highest BCUT2D eigenvalue weighted by Crippen LogP contribution is 2.38. The van der Waals surface area contributed by atoms with Crippen molar-refractivity contribution < 1.29 is 32.9 Å². The Bertz CT molecular complexity index is 1460. The monoisotopic (exact) mass is 1200 g/mol. The average Bonchev–Trinajstić information content (AvgIpc) is 3.56. The minimum atomic E-state index is -4.62. The molecule has 0 aliphatic rings. The highest BCUT2D eigenvalue weighted by atomic mass is 31.2. The molecule has 0 bridgehead atoms. The minimum absolute atomic E-state index is 0.00700. The Morgan fingerprint density at radius 1 is 0.405 bits per heavy atom. The molecule has 0 heterocycles. The number of phosphoric ester groups is 1. The van der Waals surface area contributed by atoms with E-state index in [4.69, 9.17) is 9.05 Å². The molecule has 0 aromatic rings. The Labute approximate surface area is 525 Å². The lowest BCUT2D eigenvalue weighted by Gasteiger charge is -2.29. The van der Waals surface area contributed by atoms with Gasteiger partial charge in [0.1, 0.15) is 13.2 Å². The molecule has 0 spiro atoms. The summed E-state index contributed by atoms with van der Waals surface area (Å²) in [5.74, 6) is -0.203. The number of aliphatic hydroxyl groups is 1. The molecule has 0 fully saturated rings. The van der Waals surface area contributed by atoms with E-state index in [0.29, 0.717) is 17.4 Å². The lowest BCUT2D eigenvalue weighted by Crippen LogP contribution is -2.45. The average molecular weight is 1200 g/mol. The standard InChI is InChI=1S/C75H147N2O6P/c1-6-8-10-12-14-16-18-20-22-24-26-28-30-32-34-36-38-39-41-43-45-47-49-51-53-55-57-59-61-63-65-67-69-75(79)76-73(72-83-84(80,81)82-71-70-77(3,4)5)74(78)68-66-64-62-60-58-56-54-52-50-48-46-44-42-40-37-35-33-31-29-27-25-23-21-19-17-15-13-11-9-7-2/h50,52,58,60,66,68,73-74,78H,6-49,51,53-57,59,61-65,67,69-72H2,1-5H3,(H-,76,79,80,81)/b52-50+,60-58+,68-66+. The van der Waals surface area contributed by atoms with Crippen LogP contribution in [-0.2, 0) is 18.4 Å². The Hall–Kier alpha value is -1.28. The SMILES string of the molecule is CCCCCCCCCCCCCCCCCCCCCC/C=C/CC/C=C/CC/C=C/C(O)C(COP(=O)([O-])OCC[N+](C)(C)C)NC(=O)CCCCCCCCCCCCCCCCCCCCCCCCCCCCCCCCCC. The quantitative estimate of drug-likeness (QED) is 0.0272. The second-order valence-electron chi connectivity index (χ2n) is 27.0. The van der Waals surface area contributed by atoms with Crippen LogP contribution >= 0.6 is 7.82 Å². The number of carbonyl (C=O) groups excluding carboxylic acids is 1. The van der Waals surface area contributed by atoms with Gasteiger partial charge in [-0.15, -0.1) is 0 Å². The fourth-order valence-corrected chi connectivity index (χ4v) is 12.3. The lowest BCUT2D eigenvalue weighted by molar-refractivity contribution is -0.870. The summed E-state index contributed by atoms with van der Waals surface area (Å²) in [5, 5.41) is 14.0. The third-order valence-electron chi connectivity index (χ3n) is 17.3. The van der Waals surface area contributed by atoms with E-state index in [1.807, 2.05) is 27.2 Å². The molecule has 8 nitrogen and oxygen atoms in total. The molecular formula is C75H147N2O6P. The summed E-state index contributed by atoms with van der Waals surface area (Å²) in [6.45, 7) is 4.69. The van der Waals surface area contributed by atoms with Gasteiger partial charge in [0.2, 0.25) is 5.91 Å². The third-order valence-corrected chi connectivity index (χ3v) is 18.3. The number of carbonyl (C=O) groups is 1. The van der Waals surface area contributed by atoms with Crippen molar-refractivity contribution in [2.24, 2.45) is 0 Å². The first-order valence-electron chi connectivity index (χ1n) is 37.4. The fraction of sp³-hybridized carbons (Fsp3) is 0.907. The van der Waals surface area contributed by atoms with Crippen LogP contribution < -0.4 is 10.2 Å². The van der Waals surface area contributed by atoms with Crippen molar-refractivity contribution in [1.29, 1.82) is 0 Å². The van der Waals surface area contributed by atoms with Gasteiger partial charge in [0.05, 0.1) is 39.9 Å². The van der Waals surface area contributed by atoms with Crippen LogP contribution in [0.25, 0.3) is 0 Å². The molecule has 3 atom stereocenters. The van der Waals surface area contributed by atoms with Gasteiger partial charge in [0, 0.05) is 6.42 Å². The first-order valence-corrected chi connectivity index (χ1v) is 38.8. The maximum Gasteiger partial charge on any atom is 0.268 e. The topological polar surface area (TPSA) is 108 Å². The highest BCUT2D eigenvalue weighted by Gasteiger charge is 2.23. The van der Waals surface area contributed by atoms with Crippen molar-refractivity contribution >= 4 is 13.7 Å². The predicted octanol–water partition coefficient (Wildman–Crippen LogP) is 23.4. The maximum atomic E-state index is 13.0. The molecule has 0 aliphatic carbocycles. The van der Waals surface area contributed by atoms with Gasteiger partial charge in [-0.25, -0.2) is 0 Å². The van der Waals surface area contributed by atoms with Gasteiger partial charge >= 0.3 is 0 Å². The number of quaternary nitrogens is 1. The zero-order valence-electron chi connectivity index (χ0n) is 57.1. The lowest BCUT2D eigenvalue weighted by atomic mass is 10.0. The van der Waals surface area contributed by atoms with Crippen molar-refractivity contribution in [3.05, 3.63) is 36.5 Å². The van der Waals surface area contributed by atoms with Gasteiger partial charge in [-0.2, -0.15) is 0 Å². The van der Waals surface area contributed by atoms with Crippen molar-refractivity contribution in [2.75, 3.05) is 40.9 Å². The van der Waals surface area contributed by atoms with Gasteiger partial charge in [-0.3, -0.25) is 9.36 Å². The van der Waals surface area contributed by atoms with Crippen LogP contribution in [0.1, 0.15) is 386 Å². The summed E-state index contributed by atoms with van der Waals surface area (Å²) in [6.07, 6.45) is 88.7. The molecule has 2 N–H and O–H groups in total. The molecule has 3 unspecified atom stereocenters. The predicted molar refractivity (Wildman–Crippen MR) is 367 cm³/mol. The van der Waals surface area contributed by atoms with Gasteiger partial charge in [0.25, 0.3) is 7.82 Å². The number of allylic oxidation sites excluding steroid dienone is 5. The number of hydrogen-bond acceptors (Lipinski definition) is 6. The molecular weight excluding hydrogens is 1060 g/mol. The van der Waals surface area contributed by atoms with Crippen molar-refractivity contribution in [3.8, 4) is 0 Å². The zero-order valence-corrected chi connectivity index (χ0v) is 58.0. The van der Waals surface area contributed by atoms with Gasteiger partial charge in [-0.05, 0) is 44.9 Å². The molecule has 9 heteroatoms. The minimum Gasteiger partial charge on any atom is -0.756 e. The molecule has 498 valence electrons. The number of amides is 1.